The first kappa shape index (κ1) is 27.1. The summed E-state index contributed by atoms with van der Waals surface area (Å²) < 4.78 is 5.36. The largest absolute Gasteiger partial charge is 0.497 e. The van der Waals surface area contributed by atoms with E-state index in [1.54, 1.807) is 7.11 Å². The number of hydrogen-bond donors (Lipinski definition) is 1. The molecule has 0 aliphatic carbocycles. The van der Waals surface area contributed by atoms with Crippen molar-refractivity contribution in [3.05, 3.63) is 70.7 Å². The number of benzene rings is 2. The number of ether oxygens (including phenoxy) is 1. The number of aromatic nitrogens is 2. The molecule has 1 fully saturated rings. The van der Waals surface area contributed by atoms with Crippen LogP contribution in [0.25, 0.3) is 0 Å². The van der Waals surface area contributed by atoms with Gasteiger partial charge in [0.1, 0.15) is 23.6 Å². The van der Waals surface area contributed by atoms with Crippen molar-refractivity contribution in [1.82, 2.24) is 14.9 Å². The van der Waals surface area contributed by atoms with Crippen LogP contribution in [0, 0.1) is 6.92 Å². The Bertz CT molecular complexity index is 1510. The number of likely N-dealkylation sites (N-methyl/N-ethyl adjacent to an activating group) is 1. The minimum atomic E-state index is -0.0859. The fraction of sp³-hybridized carbons (Fsp3) is 0.438. The van der Waals surface area contributed by atoms with Crippen LogP contribution in [-0.4, -0.2) is 73.1 Å². The van der Waals surface area contributed by atoms with Gasteiger partial charge in [-0.15, -0.1) is 0 Å². The highest BCUT2D eigenvalue weighted by atomic mass is 16.5. The van der Waals surface area contributed by atoms with Gasteiger partial charge in [0.15, 0.2) is 0 Å². The molecule has 0 radical (unpaired) electrons. The number of carbonyl (C=O) groups excluding carboxylic acids is 2. The van der Waals surface area contributed by atoms with Crippen LogP contribution in [-0.2, 0) is 11.8 Å². The Morgan fingerprint density at radius 2 is 1.85 bits per heavy atom. The predicted molar refractivity (Wildman–Crippen MR) is 161 cm³/mol. The van der Waals surface area contributed by atoms with Gasteiger partial charge in [0.25, 0.3) is 0 Å². The lowest BCUT2D eigenvalue weighted by atomic mass is 9.84. The number of aryl methyl sites for hydroxylation is 1. The van der Waals surface area contributed by atoms with E-state index in [-0.39, 0.29) is 23.3 Å². The first-order valence-corrected chi connectivity index (χ1v) is 14.4. The lowest BCUT2D eigenvalue weighted by Gasteiger charge is -2.38. The van der Waals surface area contributed by atoms with Gasteiger partial charge in [-0.25, -0.2) is 14.8 Å². The number of nitrogens with zero attached hydrogens (tertiary/aromatic N) is 5. The average Bonchev–Trinajstić information content (AvgIpc) is 3.09. The third kappa shape index (κ3) is 4.98. The van der Waals surface area contributed by atoms with Gasteiger partial charge in [-0.05, 0) is 73.2 Å². The van der Waals surface area contributed by atoms with Crippen LogP contribution >= 0.6 is 0 Å². The number of hydrogen-bond acceptors (Lipinski definition) is 7. The van der Waals surface area contributed by atoms with Gasteiger partial charge in [0.05, 0.1) is 7.11 Å². The summed E-state index contributed by atoms with van der Waals surface area (Å²) in [5.41, 5.74) is 6.52. The Morgan fingerprint density at radius 1 is 1.07 bits per heavy atom. The maximum atomic E-state index is 13.6. The van der Waals surface area contributed by atoms with Crippen LogP contribution in [0.15, 0.2) is 42.7 Å². The molecule has 0 spiro atoms. The summed E-state index contributed by atoms with van der Waals surface area (Å²) >= 11 is 0. The second-order valence-corrected chi connectivity index (χ2v) is 12.1. The molecule has 0 saturated carbocycles. The van der Waals surface area contributed by atoms with Crippen LogP contribution < -0.4 is 19.9 Å². The van der Waals surface area contributed by atoms with Crippen molar-refractivity contribution in [3.63, 3.8) is 0 Å². The molecule has 4 heterocycles. The van der Waals surface area contributed by atoms with Gasteiger partial charge in [-0.3, -0.25) is 4.79 Å². The molecule has 1 aromatic heterocycles. The number of ketones is 1. The Hall–Kier alpha value is -4.14. The highest BCUT2D eigenvalue weighted by molar-refractivity contribution is 6.08. The second kappa shape index (κ2) is 10.4. The minimum absolute atomic E-state index is 0.0216. The zero-order valence-corrected chi connectivity index (χ0v) is 24.5. The number of fused-ring (bicyclic) bond motifs is 2. The van der Waals surface area contributed by atoms with Crippen molar-refractivity contribution in [3.8, 4) is 5.75 Å². The number of amides is 2. The quantitative estimate of drug-likeness (QED) is 0.453. The Kier molecular flexibility index (Phi) is 6.83. The fourth-order valence-corrected chi connectivity index (χ4v) is 6.79. The molecule has 0 bridgehead atoms. The van der Waals surface area contributed by atoms with Crippen molar-refractivity contribution < 1.29 is 14.3 Å². The van der Waals surface area contributed by atoms with E-state index in [4.69, 9.17) is 4.74 Å². The number of rotatable bonds is 5. The van der Waals surface area contributed by atoms with Gasteiger partial charge >= 0.3 is 6.03 Å². The van der Waals surface area contributed by atoms with Gasteiger partial charge < -0.3 is 24.8 Å². The van der Waals surface area contributed by atoms with Crippen molar-refractivity contribution >= 4 is 29.0 Å². The third-order valence-corrected chi connectivity index (χ3v) is 8.86. The molecule has 9 heteroatoms. The summed E-state index contributed by atoms with van der Waals surface area (Å²) in [6, 6.07) is 11.7. The molecule has 0 unspecified atom stereocenters. The standard InChI is InChI=1S/C32H38N6O3/c1-20-14-22(16-25-29(20)36(4)18-32(25,2)3)30(39)27-17-28(34-19-33-27)37-11-9-23(10-12-37)38-13-8-21-15-24(41-5)6-7-26(21)35-31(38)40/h6-7,14-17,19,23H,8-13,18H2,1-5H3,(H,35,40). The number of nitrogens with one attached hydrogen (secondary N) is 1. The smallest absolute Gasteiger partial charge is 0.322 e. The summed E-state index contributed by atoms with van der Waals surface area (Å²) in [5.74, 6) is 1.46. The zero-order valence-electron chi connectivity index (χ0n) is 24.5. The summed E-state index contributed by atoms with van der Waals surface area (Å²) in [5, 5.41) is 3.08. The summed E-state index contributed by atoms with van der Waals surface area (Å²) in [7, 11) is 3.76. The number of piperidine rings is 1. The number of carbonyl (C=O) groups is 2. The van der Waals surface area contributed by atoms with Gasteiger partial charge in [-0.2, -0.15) is 0 Å². The Labute approximate surface area is 241 Å². The average molecular weight is 555 g/mol. The van der Waals surface area contributed by atoms with E-state index >= 15 is 0 Å². The van der Waals surface area contributed by atoms with E-state index in [0.717, 1.165) is 67.3 Å². The lowest BCUT2D eigenvalue weighted by molar-refractivity contribution is 0.103. The van der Waals surface area contributed by atoms with E-state index in [9.17, 15) is 9.59 Å². The normalized spacial score (nSPS) is 18.5. The highest BCUT2D eigenvalue weighted by Crippen LogP contribution is 2.42. The maximum absolute atomic E-state index is 13.6. The minimum Gasteiger partial charge on any atom is -0.497 e. The van der Waals surface area contributed by atoms with Crippen molar-refractivity contribution in [2.45, 2.75) is 51.5 Å². The van der Waals surface area contributed by atoms with E-state index < -0.39 is 0 Å². The van der Waals surface area contributed by atoms with E-state index in [0.29, 0.717) is 17.8 Å². The molecule has 1 N–H and O–H groups in total. The molecular weight excluding hydrogens is 516 g/mol. The molecule has 2 aromatic carbocycles. The topological polar surface area (TPSA) is 90.9 Å². The Balaban J connectivity index is 1.14. The summed E-state index contributed by atoms with van der Waals surface area (Å²) in [6.07, 6.45) is 3.92. The first-order chi connectivity index (χ1) is 19.6. The number of methoxy groups -OCH3 is 1. The molecule has 3 aromatic rings. The first-order valence-electron chi connectivity index (χ1n) is 14.4. The molecule has 41 heavy (non-hydrogen) atoms. The molecule has 6 rings (SSSR count). The van der Waals surface area contributed by atoms with E-state index in [1.807, 2.05) is 41.3 Å². The second-order valence-electron chi connectivity index (χ2n) is 12.1. The van der Waals surface area contributed by atoms with Crippen molar-refractivity contribution in [2.75, 3.05) is 55.5 Å². The predicted octanol–water partition coefficient (Wildman–Crippen LogP) is 4.81. The van der Waals surface area contributed by atoms with Crippen LogP contribution in [0.2, 0.25) is 0 Å². The molecule has 0 atom stereocenters. The molecular formula is C32H38N6O3. The zero-order chi connectivity index (χ0) is 28.9. The molecule has 9 nitrogen and oxygen atoms in total. The fourth-order valence-electron chi connectivity index (χ4n) is 6.79. The van der Waals surface area contributed by atoms with Crippen molar-refractivity contribution in [1.29, 1.82) is 0 Å². The molecule has 1 saturated heterocycles. The molecule has 3 aliphatic rings. The van der Waals surface area contributed by atoms with Crippen molar-refractivity contribution in [2.24, 2.45) is 0 Å². The van der Waals surface area contributed by atoms with Crippen LogP contribution in [0.4, 0.5) is 22.0 Å². The lowest BCUT2D eigenvalue weighted by Crippen LogP contribution is -2.49. The van der Waals surface area contributed by atoms with Crippen LogP contribution in [0.1, 0.15) is 59.4 Å². The summed E-state index contributed by atoms with van der Waals surface area (Å²) in [6.45, 7) is 9.60. The Morgan fingerprint density at radius 3 is 2.61 bits per heavy atom. The van der Waals surface area contributed by atoms with Gasteiger partial charge in [0.2, 0.25) is 5.78 Å². The van der Waals surface area contributed by atoms with Crippen LogP contribution in [0.3, 0.4) is 0 Å². The molecule has 2 amide bonds. The number of urea groups is 1. The third-order valence-electron chi connectivity index (χ3n) is 8.86. The highest BCUT2D eigenvalue weighted by Gasteiger charge is 2.36. The van der Waals surface area contributed by atoms with E-state index in [1.165, 1.54) is 17.6 Å². The molecule has 3 aliphatic heterocycles. The van der Waals surface area contributed by atoms with E-state index in [2.05, 4.69) is 52.9 Å². The molecule has 214 valence electrons. The monoisotopic (exact) mass is 554 g/mol. The maximum Gasteiger partial charge on any atom is 0.322 e. The SMILES string of the molecule is COc1ccc2c(c1)CCN(C1CCN(c3cc(C(=O)c4cc(C)c5c(c4)C(C)(C)CN5C)ncn3)CC1)C(=O)N2. The summed E-state index contributed by atoms with van der Waals surface area (Å²) in [4.78, 5) is 42.0. The van der Waals surface area contributed by atoms with Gasteiger partial charge in [-0.1, -0.05) is 13.8 Å². The number of anilines is 3. The van der Waals surface area contributed by atoms with Gasteiger partial charge in [0, 0.05) is 67.7 Å². The van der Waals surface area contributed by atoms with Crippen LogP contribution in [0.5, 0.6) is 5.75 Å².